The molecule has 0 saturated heterocycles. The number of nitrogens with two attached hydrogens (primary N) is 1. The number of ketones is 1. The molecule has 0 unspecified atom stereocenters. The SMILES string of the molecule is Nc1ccc(C(=O)CCCC(=O)O)cc1. The number of hydrogen-bond acceptors (Lipinski definition) is 3. The summed E-state index contributed by atoms with van der Waals surface area (Å²) in [6, 6.07) is 6.62. The predicted molar refractivity (Wildman–Crippen MR) is 56.7 cm³/mol. The van der Waals surface area contributed by atoms with Crippen LogP contribution in [0.2, 0.25) is 0 Å². The van der Waals surface area contributed by atoms with E-state index in [9.17, 15) is 9.59 Å². The molecule has 0 aromatic heterocycles. The Kier molecular flexibility index (Phi) is 3.85. The van der Waals surface area contributed by atoms with Crippen molar-refractivity contribution in [2.45, 2.75) is 19.3 Å². The third-order valence-electron chi connectivity index (χ3n) is 2.03. The van der Waals surface area contributed by atoms with E-state index in [1.807, 2.05) is 0 Å². The number of rotatable bonds is 5. The molecule has 80 valence electrons. The van der Waals surface area contributed by atoms with Crippen molar-refractivity contribution in [1.29, 1.82) is 0 Å². The van der Waals surface area contributed by atoms with Crippen LogP contribution in [0.15, 0.2) is 24.3 Å². The highest BCUT2D eigenvalue weighted by Gasteiger charge is 2.06. The van der Waals surface area contributed by atoms with Crippen LogP contribution in [0.25, 0.3) is 0 Å². The summed E-state index contributed by atoms with van der Waals surface area (Å²) in [5, 5.41) is 8.41. The number of anilines is 1. The van der Waals surface area contributed by atoms with Gasteiger partial charge < -0.3 is 10.8 Å². The first-order chi connectivity index (χ1) is 7.09. The van der Waals surface area contributed by atoms with Crippen LogP contribution in [0.4, 0.5) is 5.69 Å². The number of Topliss-reactive ketones (excluding diaryl/α,β-unsaturated/α-hetero) is 1. The van der Waals surface area contributed by atoms with Gasteiger partial charge >= 0.3 is 5.97 Å². The third-order valence-corrected chi connectivity index (χ3v) is 2.03. The van der Waals surface area contributed by atoms with Crippen molar-refractivity contribution in [3.8, 4) is 0 Å². The zero-order chi connectivity index (χ0) is 11.3. The molecule has 1 rings (SSSR count). The second-order valence-corrected chi connectivity index (χ2v) is 3.29. The van der Waals surface area contributed by atoms with Gasteiger partial charge in [-0.3, -0.25) is 9.59 Å². The normalized spacial score (nSPS) is 9.87. The zero-order valence-corrected chi connectivity index (χ0v) is 8.27. The maximum atomic E-state index is 11.5. The molecular weight excluding hydrogens is 194 g/mol. The maximum Gasteiger partial charge on any atom is 0.303 e. The lowest BCUT2D eigenvalue weighted by molar-refractivity contribution is -0.137. The average molecular weight is 207 g/mol. The largest absolute Gasteiger partial charge is 0.481 e. The van der Waals surface area contributed by atoms with Crippen LogP contribution in [0.3, 0.4) is 0 Å². The maximum absolute atomic E-state index is 11.5. The number of carboxylic acid groups (broad SMARTS) is 1. The molecule has 0 heterocycles. The molecule has 0 fully saturated rings. The molecule has 0 aliphatic rings. The Morgan fingerprint density at radius 3 is 2.27 bits per heavy atom. The van der Waals surface area contributed by atoms with Crippen LogP contribution in [-0.2, 0) is 4.79 Å². The zero-order valence-electron chi connectivity index (χ0n) is 8.27. The smallest absolute Gasteiger partial charge is 0.303 e. The fourth-order valence-electron chi connectivity index (χ4n) is 1.21. The van der Waals surface area contributed by atoms with Gasteiger partial charge in [0, 0.05) is 24.1 Å². The number of nitrogen functional groups attached to an aromatic ring is 1. The van der Waals surface area contributed by atoms with E-state index in [0.29, 0.717) is 17.7 Å². The van der Waals surface area contributed by atoms with E-state index in [0.717, 1.165) is 0 Å². The van der Waals surface area contributed by atoms with Crippen molar-refractivity contribution in [1.82, 2.24) is 0 Å². The van der Waals surface area contributed by atoms with Gasteiger partial charge in [0.15, 0.2) is 5.78 Å². The average Bonchev–Trinajstić information content (AvgIpc) is 2.18. The van der Waals surface area contributed by atoms with Crippen molar-refractivity contribution < 1.29 is 14.7 Å². The summed E-state index contributed by atoms with van der Waals surface area (Å²) in [5.41, 5.74) is 6.66. The highest BCUT2D eigenvalue weighted by Crippen LogP contribution is 2.09. The molecule has 0 atom stereocenters. The summed E-state index contributed by atoms with van der Waals surface area (Å²) < 4.78 is 0. The van der Waals surface area contributed by atoms with Crippen molar-refractivity contribution in [2.24, 2.45) is 0 Å². The number of carbonyl (C=O) groups excluding carboxylic acids is 1. The number of benzene rings is 1. The van der Waals surface area contributed by atoms with Gasteiger partial charge in [0.05, 0.1) is 0 Å². The van der Waals surface area contributed by atoms with Gasteiger partial charge in [0.1, 0.15) is 0 Å². The summed E-state index contributed by atoms with van der Waals surface area (Å²) in [6.07, 6.45) is 0.662. The summed E-state index contributed by atoms with van der Waals surface area (Å²) >= 11 is 0. The summed E-state index contributed by atoms with van der Waals surface area (Å²) in [4.78, 5) is 21.7. The first-order valence-electron chi connectivity index (χ1n) is 4.70. The van der Waals surface area contributed by atoms with Crippen LogP contribution in [0, 0.1) is 0 Å². The van der Waals surface area contributed by atoms with Crippen molar-refractivity contribution in [2.75, 3.05) is 5.73 Å². The minimum Gasteiger partial charge on any atom is -0.481 e. The van der Waals surface area contributed by atoms with Crippen molar-refractivity contribution in [3.05, 3.63) is 29.8 Å². The van der Waals surface area contributed by atoms with Gasteiger partial charge in [-0.05, 0) is 30.7 Å². The van der Waals surface area contributed by atoms with Gasteiger partial charge in [-0.2, -0.15) is 0 Å². The molecule has 0 aliphatic carbocycles. The number of hydrogen-bond donors (Lipinski definition) is 2. The van der Waals surface area contributed by atoms with Gasteiger partial charge in [-0.25, -0.2) is 0 Å². The lowest BCUT2D eigenvalue weighted by Crippen LogP contribution is -2.01. The number of carboxylic acids is 1. The van der Waals surface area contributed by atoms with Crippen LogP contribution in [0.5, 0.6) is 0 Å². The number of aliphatic carboxylic acids is 1. The molecule has 0 saturated carbocycles. The molecule has 0 radical (unpaired) electrons. The number of carbonyl (C=O) groups is 2. The molecule has 1 aromatic carbocycles. The van der Waals surface area contributed by atoms with E-state index < -0.39 is 5.97 Å². The standard InChI is InChI=1S/C11H13NO3/c12-9-6-4-8(5-7-9)10(13)2-1-3-11(14)15/h4-7H,1-3,12H2,(H,14,15). The Labute approximate surface area is 87.7 Å². The summed E-state index contributed by atoms with van der Waals surface area (Å²) in [7, 11) is 0. The molecule has 0 aliphatic heterocycles. The minimum absolute atomic E-state index is 0.0285. The first-order valence-corrected chi connectivity index (χ1v) is 4.70. The molecule has 0 spiro atoms. The highest BCUT2D eigenvalue weighted by atomic mass is 16.4. The molecule has 0 bridgehead atoms. The second-order valence-electron chi connectivity index (χ2n) is 3.29. The molecule has 15 heavy (non-hydrogen) atoms. The quantitative estimate of drug-likeness (QED) is 0.569. The van der Waals surface area contributed by atoms with E-state index in [4.69, 9.17) is 10.8 Å². The Hall–Kier alpha value is -1.84. The Morgan fingerprint density at radius 1 is 1.13 bits per heavy atom. The minimum atomic E-state index is -0.875. The second kappa shape index (κ2) is 5.14. The van der Waals surface area contributed by atoms with E-state index in [2.05, 4.69) is 0 Å². The third kappa shape index (κ3) is 3.81. The lowest BCUT2D eigenvalue weighted by Gasteiger charge is -2.00. The van der Waals surface area contributed by atoms with E-state index in [-0.39, 0.29) is 18.6 Å². The van der Waals surface area contributed by atoms with Crippen molar-refractivity contribution in [3.63, 3.8) is 0 Å². The van der Waals surface area contributed by atoms with Crippen LogP contribution >= 0.6 is 0 Å². The van der Waals surface area contributed by atoms with Gasteiger partial charge in [-0.1, -0.05) is 0 Å². The Morgan fingerprint density at radius 2 is 1.73 bits per heavy atom. The Bertz CT molecular complexity index is 357. The molecule has 0 amide bonds. The first kappa shape index (κ1) is 11.2. The fourth-order valence-corrected chi connectivity index (χ4v) is 1.21. The van der Waals surface area contributed by atoms with E-state index >= 15 is 0 Å². The summed E-state index contributed by atoms with van der Waals surface area (Å²) in [5.74, 6) is -0.920. The fraction of sp³-hybridized carbons (Fsp3) is 0.273. The topological polar surface area (TPSA) is 80.4 Å². The van der Waals surface area contributed by atoms with Gasteiger partial charge in [0.2, 0.25) is 0 Å². The molecule has 1 aromatic rings. The van der Waals surface area contributed by atoms with Gasteiger partial charge in [0.25, 0.3) is 0 Å². The van der Waals surface area contributed by atoms with Crippen LogP contribution in [0.1, 0.15) is 29.6 Å². The monoisotopic (exact) mass is 207 g/mol. The predicted octanol–water partition coefficient (Wildman–Crippen LogP) is 1.71. The lowest BCUT2D eigenvalue weighted by atomic mass is 10.1. The Balaban J connectivity index is 2.47. The molecule has 4 nitrogen and oxygen atoms in total. The highest BCUT2D eigenvalue weighted by molar-refractivity contribution is 5.96. The van der Waals surface area contributed by atoms with Crippen LogP contribution < -0.4 is 5.73 Å². The molecule has 3 N–H and O–H groups in total. The van der Waals surface area contributed by atoms with Crippen molar-refractivity contribution >= 4 is 17.4 Å². The van der Waals surface area contributed by atoms with Crippen LogP contribution in [-0.4, -0.2) is 16.9 Å². The summed E-state index contributed by atoms with van der Waals surface area (Å²) in [6.45, 7) is 0. The van der Waals surface area contributed by atoms with E-state index in [1.165, 1.54) is 0 Å². The molecular formula is C11H13NO3. The van der Waals surface area contributed by atoms with E-state index in [1.54, 1.807) is 24.3 Å². The van der Waals surface area contributed by atoms with Gasteiger partial charge in [-0.15, -0.1) is 0 Å². The molecule has 4 heteroatoms.